The number of esters is 1. The molecule has 2 aromatic rings. The van der Waals surface area contributed by atoms with Gasteiger partial charge in [0.25, 0.3) is 0 Å². The number of carbonyl (C=O) groups is 1. The Hall–Kier alpha value is -2.60. The van der Waals surface area contributed by atoms with Gasteiger partial charge in [0, 0.05) is 17.7 Å². The highest BCUT2D eigenvalue weighted by atomic mass is 127. The molecule has 130 valence electrons. The minimum absolute atomic E-state index is 0.0102. The molecule has 25 heavy (non-hydrogen) atoms. The van der Waals surface area contributed by atoms with Crippen LogP contribution in [0.3, 0.4) is 0 Å². The van der Waals surface area contributed by atoms with Gasteiger partial charge in [0.15, 0.2) is 23.0 Å². The number of hydrogen-bond donors (Lipinski definition) is 2. The molecular weight excluding hydrogens is 439 g/mol. The highest BCUT2D eigenvalue weighted by Gasteiger charge is 2.13. The number of ether oxygens (including phenoxy) is 3. The van der Waals surface area contributed by atoms with Gasteiger partial charge in [-0.05, 0) is 18.2 Å². The Morgan fingerprint density at radius 1 is 1.00 bits per heavy atom. The summed E-state index contributed by atoms with van der Waals surface area (Å²) in [7, 11) is 2.85. The summed E-state index contributed by atoms with van der Waals surface area (Å²) in [6, 6.07) is 7.44. The molecule has 2 rings (SSSR count). The number of benzene rings is 2. The molecule has 6 nitrogen and oxygen atoms in total. The van der Waals surface area contributed by atoms with E-state index in [4.69, 9.17) is 14.2 Å². The standard InChI is InChI=1S/C18H15IO6/c1-23-16-7-11(4-6-13(16)20)3-5-12-8-17(24-2)14(21)9-15(12)25-18(22)10-19/h4,6-9,20-21H,10H2,1-2H3. The Morgan fingerprint density at radius 2 is 1.68 bits per heavy atom. The van der Waals surface area contributed by atoms with Crippen LogP contribution in [0.4, 0.5) is 0 Å². The summed E-state index contributed by atoms with van der Waals surface area (Å²) in [5.41, 5.74) is 0.966. The van der Waals surface area contributed by atoms with E-state index in [-0.39, 0.29) is 27.4 Å². The summed E-state index contributed by atoms with van der Waals surface area (Å²) in [5.74, 6) is 5.81. The maximum atomic E-state index is 11.6. The molecule has 0 fully saturated rings. The number of methoxy groups -OCH3 is 2. The van der Waals surface area contributed by atoms with Gasteiger partial charge in [-0.2, -0.15) is 0 Å². The fraction of sp³-hybridized carbons (Fsp3) is 0.167. The predicted octanol–water partition coefficient (Wildman–Crippen LogP) is 2.86. The minimum atomic E-state index is -0.459. The van der Waals surface area contributed by atoms with E-state index in [0.29, 0.717) is 16.9 Å². The van der Waals surface area contributed by atoms with Gasteiger partial charge < -0.3 is 24.4 Å². The number of phenols is 2. The number of carbonyl (C=O) groups excluding carboxylic acids is 1. The summed E-state index contributed by atoms with van der Waals surface area (Å²) in [5, 5.41) is 19.5. The lowest BCUT2D eigenvalue weighted by atomic mass is 10.1. The van der Waals surface area contributed by atoms with Crippen LogP contribution in [-0.2, 0) is 4.79 Å². The second kappa shape index (κ2) is 8.48. The number of alkyl halides is 1. The van der Waals surface area contributed by atoms with Gasteiger partial charge in [-0.15, -0.1) is 0 Å². The molecule has 0 heterocycles. The molecule has 0 unspecified atom stereocenters. The van der Waals surface area contributed by atoms with Crippen LogP contribution in [0.25, 0.3) is 0 Å². The van der Waals surface area contributed by atoms with E-state index in [9.17, 15) is 15.0 Å². The highest BCUT2D eigenvalue weighted by Crippen LogP contribution is 2.33. The van der Waals surface area contributed by atoms with Gasteiger partial charge in [-0.25, -0.2) is 0 Å². The van der Waals surface area contributed by atoms with E-state index in [2.05, 4.69) is 11.8 Å². The van der Waals surface area contributed by atoms with Gasteiger partial charge in [0.1, 0.15) is 5.75 Å². The summed E-state index contributed by atoms with van der Waals surface area (Å²) < 4.78 is 15.5. The smallest absolute Gasteiger partial charge is 0.321 e. The molecule has 2 N–H and O–H groups in total. The number of hydrogen-bond acceptors (Lipinski definition) is 6. The molecule has 0 aromatic heterocycles. The normalized spacial score (nSPS) is 9.72. The monoisotopic (exact) mass is 454 g/mol. The van der Waals surface area contributed by atoms with Gasteiger partial charge >= 0.3 is 5.97 Å². The highest BCUT2D eigenvalue weighted by molar-refractivity contribution is 14.1. The maximum absolute atomic E-state index is 11.6. The lowest BCUT2D eigenvalue weighted by molar-refractivity contribution is -0.131. The lowest BCUT2D eigenvalue weighted by Crippen LogP contribution is -2.09. The molecule has 7 heteroatoms. The number of phenolic OH excluding ortho intramolecular Hbond substituents is 2. The van der Waals surface area contributed by atoms with Crippen LogP contribution in [-0.4, -0.2) is 34.8 Å². The third-order valence-electron chi connectivity index (χ3n) is 3.14. The quantitative estimate of drug-likeness (QED) is 0.243. The topological polar surface area (TPSA) is 85.2 Å². The van der Waals surface area contributed by atoms with Gasteiger partial charge in [-0.3, -0.25) is 4.79 Å². The zero-order chi connectivity index (χ0) is 18.4. The Kier molecular flexibility index (Phi) is 6.36. The Labute approximate surface area is 158 Å². The van der Waals surface area contributed by atoms with Crippen molar-refractivity contribution in [2.45, 2.75) is 0 Å². The fourth-order valence-electron chi connectivity index (χ4n) is 1.94. The first-order chi connectivity index (χ1) is 12.0. The molecule has 0 radical (unpaired) electrons. The SMILES string of the molecule is COc1cc(C#Cc2cc(OC)c(O)cc2OC(=O)CI)ccc1O. The van der Waals surface area contributed by atoms with Crippen molar-refractivity contribution in [3.8, 4) is 40.6 Å². The fourth-order valence-corrected chi connectivity index (χ4v) is 2.10. The molecule has 0 aliphatic heterocycles. The van der Waals surface area contributed by atoms with Crippen molar-refractivity contribution in [3.05, 3.63) is 41.5 Å². The van der Waals surface area contributed by atoms with Crippen LogP contribution in [0.1, 0.15) is 11.1 Å². The van der Waals surface area contributed by atoms with Crippen molar-refractivity contribution in [1.82, 2.24) is 0 Å². The zero-order valence-corrected chi connectivity index (χ0v) is 15.7. The molecule has 0 saturated carbocycles. The van der Waals surface area contributed by atoms with Crippen molar-refractivity contribution in [2.75, 3.05) is 18.6 Å². The minimum Gasteiger partial charge on any atom is -0.504 e. The first-order valence-electron chi connectivity index (χ1n) is 7.05. The predicted molar refractivity (Wildman–Crippen MR) is 99.8 cm³/mol. The van der Waals surface area contributed by atoms with E-state index in [1.807, 2.05) is 22.6 Å². The number of rotatable bonds is 4. The molecule has 0 aliphatic rings. The summed E-state index contributed by atoms with van der Waals surface area (Å²) in [6.45, 7) is 0. The van der Waals surface area contributed by atoms with E-state index in [1.165, 1.54) is 32.4 Å². The van der Waals surface area contributed by atoms with E-state index in [0.717, 1.165) is 0 Å². The first-order valence-corrected chi connectivity index (χ1v) is 8.57. The van der Waals surface area contributed by atoms with Crippen LogP contribution >= 0.6 is 22.6 Å². The molecule has 0 saturated heterocycles. The second-order valence-corrected chi connectivity index (χ2v) is 5.53. The Bertz CT molecular complexity index is 851. The van der Waals surface area contributed by atoms with Crippen molar-refractivity contribution in [3.63, 3.8) is 0 Å². The van der Waals surface area contributed by atoms with E-state index in [1.54, 1.807) is 12.1 Å². The van der Waals surface area contributed by atoms with Gasteiger partial charge in [0.05, 0.1) is 24.2 Å². The van der Waals surface area contributed by atoms with Crippen LogP contribution in [0, 0.1) is 11.8 Å². The third-order valence-corrected chi connectivity index (χ3v) is 3.76. The molecule has 0 bridgehead atoms. The van der Waals surface area contributed by atoms with Crippen LogP contribution in [0.2, 0.25) is 0 Å². The Balaban J connectivity index is 2.45. The molecule has 0 spiro atoms. The average molecular weight is 454 g/mol. The molecule has 0 amide bonds. The van der Waals surface area contributed by atoms with Crippen LogP contribution in [0.5, 0.6) is 28.7 Å². The maximum Gasteiger partial charge on any atom is 0.321 e. The van der Waals surface area contributed by atoms with Crippen LogP contribution in [0.15, 0.2) is 30.3 Å². The second-order valence-electron chi connectivity index (χ2n) is 4.76. The molecule has 0 atom stereocenters. The molecule has 2 aromatic carbocycles. The summed E-state index contributed by atoms with van der Waals surface area (Å²) in [6.07, 6.45) is 0. The number of aromatic hydroxyl groups is 2. The largest absolute Gasteiger partial charge is 0.504 e. The third kappa shape index (κ3) is 4.70. The molecular formula is C18H15IO6. The number of halogens is 1. The van der Waals surface area contributed by atoms with E-state index >= 15 is 0 Å². The van der Waals surface area contributed by atoms with Gasteiger partial charge in [0.2, 0.25) is 0 Å². The van der Waals surface area contributed by atoms with Crippen LogP contribution < -0.4 is 14.2 Å². The van der Waals surface area contributed by atoms with Crippen molar-refractivity contribution in [1.29, 1.82) is 0 Å². The van der Waals surface area contributed by atoms with E-state index < -0.39 is 5.97 Å². The molecule has 0 aliphatic carbocycles. The van der Waals surface area contributed by atoms with Crippen molar-refractivity contribution in [2.24, 2.45) is 0 Å². The van der Waals surface area contributed by atoms with Gasteiger partial charge in [-0.1, -0.05) is 34.4 Å². The van der Waals surface area contributed by atoms with Crippen molar-refractivity contribution < 1.29 is 29.2 Å². The zero-order valence-electron chi connectivity index (χ0n) is 13.5. The first kappa shape index (κ1) is 18.7. The average Bonchev–Trinajstić information content (AvgIpc) is 2.62. The Morgan fingerprint density at radius 3 is 2.32 bits per heavy atom. The lowest BCUT2D eigenvalue weighted by Gasteiger charge is -2.09. The summed E-state index contributed by atoms with van der Waals surface area (Å²) in [4.78, 5) is 11.6. The summed E-state index contributed by atoms with van der Waals surface area (Å²) >= 11 is 1.88. The van der Waals surface area contributed by atoms with Crippen molar-refractivity contribution >= 4 is 28.6 Å².